The van der Waals surface area contributed by atoms with E-state index in [-0.39, 0.29) is 11.9 Å². The lowest BCUT2D eigenvalue weighted by molar-refractivity contribution is -0.129. The second kappa shape index (κ2) is 9.28. The van der Waals surface area contributed by atoms with Crippen molar-refractivity contribution in [1.29, 1.82) is 0 Å². The smallest absolute Gasteiger partial charge is 0.233 e. The summed E-state index contributed by atoms with van der Waals surface area (Å²) in [7, 11) is 0. The summed E-state index contributed by atoms with van der Waals surface area (Å²) < 4.78 is 11.4. The van der Waals surface area contributed by atoms with Gasteiger partial charge in [-0.3, -0.25) is 4.79 Å². The molecule has 2 aliphatic heterocycles. The number of imidazole rings is 1. The van der Waals surface area contributed by atoms with Crippen LogP contribution < -0.4 is 9.47 Å². The van der Waals surface area contributed by atoms with Gasteiger partial charge >= 0.3 is 0 Å². The number of carbonyl (C=O) groups excluding carboxylic acids is 1. The van der Waals surface area contributed by atoms with E-state index >= 15 is 0 Å². The van der Waals surface area contributed by atoms with Crippen LogP contribution in [0.4, 0.5) is 0 Å². The summed E-state index contributed by atoms with van der Waals surface area (Å²) in [4.78, 5) is 23.2. The monoisotopic (exact) mass is 449 g/mol. The lowest BCUT2D eigenvalue weighted by Gasteiger charge is -2.26. The van der Waals surface area contributed by atoms with E-state index in [1.54, 1.807) is 0 Å². The fourth-order valence-electron chi connectivity index (χ4n) is 4.39. The highest BCUT2D eigenvalue weighted by atomic mass is 32.2. The Morgan fingerprint density at radius 3 is 2.81 bits per heavy atom. The minimum atomic E-state index is 0.0888. The van der Waals surface area contributed by atoms with Crippen LogP contribution in [0.15, 0.2) is 53.7 Å². The lowest BCUT2D eigenvalue weighted by Crippen LogP contribution is -2.32. The highest BCUT2D eigenvalue weighted by molar-refractivity contribution is 7.99. The Bertz CT molecular complexity index is 1100. The summed E-state index contributed by atoms with van der Waals surface area (Å²) in [6, 6.07) is 16.5. The number of benzene rings is 2. The molecule has 0 spiro atoms. The van der Waals surface area contributed by atoms with Crippen LogP contribution in [0.1, 0.15) is 41.4 Å². The molecule has 166 valence electrons. The van der Waals surface area contributed by atoms with Gasteiger partial charge in [0.2, 0.25) is 5.91 Å². The first-order valence-corrected chi connectivity index (χ1v) is 12.1. The zero-order valence-corrected chi connectivity index (χ0v) is 19.0. The van der Waals surface area contributed by atoms with Crippen LogP contribution in [0.5, 0.6) is 11.5 Å². The average Bonchev–Trinajstić information content (AvgIpc) is 3.45. The summed E-state index contributed by atoms with van der Waals surface area (Å²) in [6.07, 6.45) is 2.77. The molecule has 1 amide bonds. The van der Waals surface area contributed by atoms with E-state index in [1.165, 1.54) is 17.3 Å². The maximum Gasteiger partial charge on any atom is 0.233 e. The third-order valence-electron chi connectivity index (χ3n) is 6.03. The van der Waals surface area contributed by atoms with Crippen molar-refractivity contribution in [2.24, 2.45) is 0 Å². The van der Waals surface area contributed by atoms with Crippen LogP contribution in [0, 0.1) is 6.92 Å². The highest BCUT2D eigenvalue weighted by Crippen LogP contribution is 2.38. The van der Waals surface area contributed by atoms with Crippen molar-refractivity contribution >= 4 is 17.7 Å². The summed E-state index contributed by atoms with van der Waals surface area (Å²) in [5.41, 5.74) is 4.43. The van der Waals surface area contributed by atoms with Crippen molar-refractivity contribution in [3.63, 3.8) is 0 Å². The lowest BCUT2D eigenvalue weighted by atomic mass is 10.0. The molecule has 3 aromatic rings. The van der Waals surface area contributed by atoms with Gasteiger partial charge in [0.1, 0.15) is 13.2 Å². The van der Waals surface area contributed by atoms with E-state index in [4.69, 9.17) is 14.5 Å². The summed E-state index contributed by atoms with van der Waals surface area (Å²) in [5.74, 6) is 2.08. The number of aryl methyl sites for hydroxylation is 1. The number of H-pyrrole nitrogens is 1. The molecule has 0 aliphatic carbocycles. The number of carbonyl (C=O) groups is 1. The number of hydrogen-bond donors (Lipinski definition) is 1. The number of aromatic nitrogens is 2. The molecule has 7 heteroatoms. The van der Waals surface area contributed by atoms with E-state index in [9.17, 15) is 4.79 Å². The molecule has 1 fully saturated rings. The SMILES string of the molecule is Cc1[nH]c(SCC(=O)N2CCCC2c2ccc3c(c2)OCCO3)nc1Cc1ccccc1. The second-order valence-corrected chi connectivity index (χ2v) is 9.18. The molecule has 32 heavy (non-hydrogen) atoms. The number of rotatable bonds is 6. The highest BCUT2D eigenvalue weighted by Gasteiger charge is 2.31. The standard InChI is InChI=1S/C25H27N3O3S/c1-17-20(14-18-6-3-2-4-7-18)27-25(26-17)32-16-24(29)28-11-5-8-21(28)19-9-10-22-23(15-19)31-13-12-30-22/h2-4,6-7,9-10,15,21H,5,8,11-14,16H2,1H3,(H,26,27). The van der Waals surface area contributed by atoms with Crippen LogP contribution in [0.2, 0.25) is 0 Å². The zero-order valence-electron chi connectivity index (χ0n) is 18.2. The number of amides is 1. The fraction of sp³-hybridized carbons (Fsp3) is 0.360. The maximum atomic E-state index is 13.1. The molecular formula is C25H27N3O3S. The molecule has 2 aromatic carbocycles. The first kappa shape index (κ1) is 20.9. The van der Waals surface area contributed by atoms with Gasteiger partial charge in [0.25, 0.3) is 0 Å². The van der Waals surface area contributed by atoms with E-state index in [0.29, 0.717) is 19.0 Å². The van der Waals surface area contributed by atoms with Gasteiger partial charge in [-0.05, 0) is 43.0 Å². The van der Waals surface area contributed by atoms with Crippen molar-refractivity contribution in [1.82, 2.24) is 14.9 Å². The number of nitrogens with zero attached hydrogens (tertiary/aromatic N) is 2. The normalized spacial score (nSPS) is 17.5. The number of thioether (sulfide) groups is 1. The van der Waals surface area contributed by atoms with Crippen LogP contribution in [0.3, 0.4) is 0 Å². The van der Waals surface area contributed by atoms with Crippen LogP contribution in [-0.4, -0.2) is 46.3 Å². The average molecular weight is 450 g/mol. The number of fused-ring (bicyclic) bond motifs is 1. The summed E-state index contributed by atoms with van der Waals surface area (Å²) in [6.45, 7) is 3.97. The Balaban J connectivity index is 1.23. The van der Waals surface area contributed by atoms with Crippen LogP contribution >= 0.6 is 11.8 Å². The maximum absolute atomic E-state index is 13.1. The van der Waals surface area contributed by atoms with Crippen molar-refractivity contribution in [3.05, 3.63) is 71.0 Å². The van der Waals surface area contributed by atoms with E-state index in [2.05, 4.69) is 23.2 Å². The molecule has 6 nitrogen and oxygen atoms in total. The van der Waals surface area contributed by atoms with Crippen molar-refractivity contribution in [2.45, 2.75) is 37.4 Å². The molecule has 1 saturated heterocycles. The first-order chi connectivity index (χ1) is 15.7. The molecule has 2 aliphatic rings. The van der Waals surface area contributed by atoms with Crippen LogP contribution in [-0.2, 0) is 11.2 Å². The topological polar surface area (TPSA) is 67.5 Å². The van der Waals surface area contributed by atoms with Crippen molar-refractivity contribution in [3.8, 4) is 11.5 Å². The van der Waals surface area contributed by atoms with E-state index in [0.717, 1.165) is 59.4 Å². The van der Waals surface area contributed by atoms with Gasteiger partial charge in [-0.25, -0.2) is 4.98 Å². The largest absolute Gasteiger partial charge is 0.486 e. The molecule has 1 unspecified atom stereocenters. The van der Waals surface area contributed by atoms with E-state index in [1.807, 2.05) is 42.2 Å². The van der Waals surface area contributed by atoms with Gasteiger partial charge in [-0.1, -0.05) is 48.2 Å². The Morgan fingerprint density at radius 1 is 1.16 bits per heavy atom. The molecule has 1 aromatic heterocycles. The van der Waals surface area contributed by atoms with Crippen molar-refractivity contribution in [2.75, 3.05) is 25.5 Å². The quantitative estimate of drug-likeness (QED) is 0.560. The molecule has 0 radical (unpaired) electrons. The second-order valence-electron chi connectivity index (χ2n) is 8.21. The summed E-state index contributed by atoms with van der Waals surface area (Å²) >= 11 is 1.48. The predicted molar refractivity (Wildman–Crippen MR) is 124 cm³/mol. The molecular weight excluding hydrogens is 422 g/mol. The Hall–Kier alpha value is -2.93. The Labute approximate surface area is 192 Å². The number of ether oxygens (including phenoxy) is 2. The minimum absolute atomic E-state index is 0.0888. The van der Waals surface area contributed by atoms with Gasteiger partial charge in [-0.15, -0.1) is 0 Å². The number of nitrogens with one attached hydrogen (secondary N) is 1. The number of hydrogen-bond acceptors (Lipinski definition) is 5. The van der Waals surface area contributed by atoms with Gasteiger partial charge in [0, 0.05) is 18.7 Å². The third kappa shape index (κ3) is 4.48. The van der Waals surface area contributed by atoms with Crippen molar-refractivity contribution < 1.29 is 14.3 Å². The van der Waals surface area contributed by atoms with Crippen LogP contribution in [0.25, 0.3) is 0 Å². The number of aromatic amines is 1. The Morgan fingerprint density at radius 2 is 1.97 bits per heavy atom. The molecule has 1 atom stereocenters. The zero-order chi connectivity index (χ0) is 21.9. The molecule has 1 N–H and O–H groups in total. The molecule has 0 bridgehead atoms. The molecule has 0 saturated carbocycles. The summed E-state index contributed by atoms with van der Waals surface area (Å²) in [5, 5.41) is 0.803. The first-order valence-electron chi connectivity index (χ1n) is 11.1. The van der Waals surface area contributed by atoms with Gasteiger partial charge in [0.05, 0.1) is 17.5 Å². The Kier molecular flexibility index (Phi) is 6.08. The fourth-order valence-corrected chi connectivity index (χ4v) is 5.21. The predicted octanol–water partition coefficient (Wildman–Crippen LogP) is 4.54. The van der Waals surface area contributed by atoms with Gasteiger partial charge in [-0.2, -0.15) is 0 Å². The van der Waals surface area contributed by atoms with Gasteiger partial charge in [0.15, 0.2) is 16.7 Å². The number of likely N-dealkylation sites (tertiary alicyclic amines) is 1. The molecule has 5 rings (SSSR count). The molecule has 3 heterocycles. The minimum Gasteiger partial charge on any atom is -0.486 e. The van der Waals surface area contributed by atoms with Gasteiger partial charge < -0.3 is 19.4 Å². The van der Waals surface area contributed by atoms with E-state index < -0.39 is 0 Å². The third-order valence-corrected chi connectivity index (χ3v) is 6.89.